The lowest BCUT2D eigenvalue weighted by Crippen LogP contribution is -2.41. The Balaban J connectivity index is 2.06. The van der Waals surface area contributed by atoms with Gasteiger partial charge in [-0.2, -0.15) is 0 Å². The van der Waals surface area contributed by atoms with Crippen LogP contribution in [0.2, 0.25) is 0 Å². The van der Waals surface area contributed by atoms with Gasteiger partial charge in [-0.25, -0.2) is 4.98 Å². The van der Waals surface area contributed by atoms with Crippen LogP contribution in [0.15, 0.2) is 34.2 Å². The van der Waals surface area contributed by atoms with Gasteiger partial charge in [-0.05, 0) is 17.7 Å². The molecule has 110 valence electrons. The van der Waals surface area contributed by atoms with Crippen LogP contribution in [0.25, 0.3) is 10.4 Å². The van der Waals surface area contributed by atoms with Gasteiger partial charge in [0.1, 0.15) is 11.8 Å². The molecule has 1 aromatic carbocycles. The van der Waals surface area contributed by atoms with Crippen LogP contribution in [0.3, 0.4) is 0 Å². The van der Waals surface area contributed by atoms with Crippen LogP contribution < -0.4 is 15.7 Å². The Labute approximate surface area is 133 Å². The largest absolute Gasteiger partial charge is 0.530 e. The van der Waals surface area contributed by atoms with Crippen LogP contribution in [0, 0.1) is 0 Å². The first-order valence-electron chi connectivity index (χ1n) is 6.00. The average Bonchev–Trinajstić information content (AvgIpc) is 2.92. The SMILES string of the molecule is O=C([O-])NCCNC(=O)c1ncsc1-c1cccc(Br)c1. The van der Waals surface area contributed by atoms with E-state index in [0.29, 0.717) is 5.69 Å². The Bertz CT molecular complexity index is 660. The Morgan fingerprint density at radius 3 is 2.76 bits per heavy atom. The van der Waals surface area contributed by atoms with Crippen LogP contribution >= 0.6 is 27.3 Å². The second-order valence-electron chi connectivity index (χ2n) is 4.01. The van der Waals surface area contributed by atoms with E-state index in [0.717, 1.165) is 14.9 Å². The van der Waals surface area contributed by atoms with Gasteiger partial charge in [0.2, 0.25) is 0 Å². The molecule has 2 N–H and O–H groups in total. The number of halogens is 1. The number of aromatic nitrogens is 1. The molecule has 2 rings (SSSR count). The summed E-state index contributed by atoms with van der Waals surface area (Å²) < 4.78 is 0.915. The minimum absolute atomic E-state index is 0.0877. The maximum absolute atomic E-state index is 12.1. The van der Waals surface area contributed by atoms with Crippen molar-refractivity contribution in [3.63, 3.8) is 0 Å². The monoisotopic (exact) mass is 368 g/mol. The minimum Gasteiger partial charge on any atom is -0.530 e. The van der Waals surface area contributed by atoms with Crippen molar-refractivity contribution in [3.8, 4) is 10.4 Å². The highest BCUT2D eigenvalue weighted by Gasteiger charge is 2.16. The number of carbonyl (C=O) groups excluding carboxylic acids is 2. The Morgan fingerprint density at radius 1 is 1.29 bits per heavy atom. The highest BCUT2D eigenvalue weighted by Crippen LogP contribution is 2.29. The predicted octanol–water partition coefficient (Wildman–Crippen LogP) is 1.24. The van der Waals surface area contributed by atoms with Crippen molar-refractivity contribution in [2.75, 3.05) is 13.1 Å². The summed E-state index contributed by atoms with van der Waals surface area (Å²) >= 11 is 4.76. The first kappa shape index (κ1) is 15.5. The molecule has 0 bridgehead atoms. The molecule has 0 saturated heterocycles. The zero-order valence-corrected chi connectivity index (χ0v) is 13.2. The van der Waals surface area contributed by atoms with Gasteiger partial charge in [0.05, 0.1) is 10.4 Å². The molecule has 0 aliphatic heterocycles. The third-order valence-electron chi connectivity index (χ3n) is 2.55. The zero-order valence-electron chi connectivity index (χ0n) is 10.8. The van der Waals surface area contributed by atoms with Crippen molar-refractivity contribution in [2.45, 2.75) is 0 Å². The standard InChI is InChI=1S/C13H12BrN3O3S/c14-9-3-1-2-8(6-9)11-10(17-7-21-11)12(18)15-4-5-16-13(19)20/h1-3,6-7,16H,4-5H2,(H,15,18)(H,19,20)/p-1. The lowest BCUT2D eigenvalue weighted by atomic mass is 10.1. The van der Waals surface area contributed by atoms with Gasteiger partial charge in [0.15, 0.2) is 0 Å². The maximum Gasteiger partial charge on any atom is 0.271 e. The molecule has 21 heavy (non-hydrogen) atoms. The summed E-state index contributed by atoms with van der Waals surface area (Å²) in [6, 6.07) is 7.58. The number of carboxylic acid groups (broad SMARTS) is 1. The summed E-state index contributed by atoms with van der Waals surface area (Å²) in [6.07, 6.45) is -1.37. The number of thiazole rings is 1. The summed E-state index contributed by atoms with van der Waals surface area (Å²) in [5.41, 5.74) is 2.82. The highest BCUT2D eigenvalue weighted by molar-refractivity contribution is 9.10. The van der Waals surface area contributed by atoms with Crippen LogP contribution in [-0.4, -0.2) is 30.1 Å². The number of amides is 2. The average molecular weight is 369 g/mol. The van der Waals surface area contributed by atoms with E-state index >= 15 is 0 Å². The van der Waals surface area contributed by atoms with Gasteiger partial charge < -0.3 is 20.5 Å². The van der Waals surface area contributed by atoms with E-state index in [1.165, 1.54) is 11.3 Å². The number of nitrogens with zero attached hydrogens (tertiary/aromatic N) is 1. The fourth-order valence-electron chi connectivity index (χ4n) is 1.67. The van der Waals surface area contributed by atoms with Gasteiger partial charge in [-0.1, -0.05) is 28.1 Å². The normalized spacial score (nSPS) is 10.1. The summed E-state index contributed by atoms with van der Waals surface area (Å²) in [5, 5.41) is 14.9. The molecule has 0 atom stereocenters. The lowest BCUT2D eigenvalue weighted by Gasteiger charge is -2.08. The highest BCUT2D eigenvalue weighted by atomic mass is 79.9. The summed E-state index contributed by atoms with van der Waals surface area (Å²) in [7, 11) is 0. The third-order valence-corrected chi connectivity index (χ3v) is 3.92. The van der Waals surface area contributed by atoms with Gasteiger partial charge in [-0.15, -0.1) is 11.3 Å². The topological polar surface area (TPSA) is 94.1 Å². The van der Waals surface area contributed by atoms with Crippen molar-refractivity contribution < 1.29 is 14.7 Å². The van der Waals surface area contributed by atoms with Gasteiger partial charge in [0, 0.05) is 17.6 Å². The van der Waals surface area contributed by atoms with Crippen LogP contribution in [-0.2, 0) is 0 Å². The van der Waals surface area contributed by atoms with Crippen molar-refractivity contribution in [3.05, 3.63) is 39.9 Å². The van der Waals surface area contributed by atoms with E-state index in [-0.39, 0.29) is 19.0 Å². The molecule has 1 heterocycles. The molecule has 2 aromatic rings. The van der Waals surface area contributed by atoms with Gasteiger partial charge in [-0.3, -0.25) is 4.79 Å². The summed E-state index contributed by atoms with van der Waals surface area (Å²) in [6.45, 7) is 0.257. The molecule has 0 unspecified atom stereocenters. The number of nitrogens with one attached hydrogen (secondary N) is 2. The van der Waals surface area contributed by atoms with Crippen molar-refractivity contribution in [2.24, 2.45) is 0 Å². The number of hydrogen-bond donors (Lipinski definition) is 2. The lowest BCUT2D eigenvalue weighted by molar-refractivity contribution is -0.250. The van der Waals surface area contributed by atoms with Gasteiger partial charge in [0.25, 0.3) is 5.91 Å². The smallest absolute Gasteiger partial charge is 0.271 e. The van der Waals surface area contributed by atoms with E-state index in [1.54, 1.807) is 5.51 Å². The molecule has 0 aliphatic carbocycles. The summed E-state index contributed by atoms with van der Waals surface area (Å²) in [4.78, 5) is 27.1. The molecule has 0 saturated carbocycles. The predicted molar refractivity (Wildman–Crippen MR) is 81.0 cm³/mol. The maximum atomic E-state index is 12.1. The van der Waals surface area contributed by atoms with Crippen LogP contribution in [0.1, 0.15) is 10.5 Å². The first-order valence-corrected chi connectivity index (χ1v) is 7.67. The number of benzene rings is 1. The van der Waals surface area contributed by atoms with E-state index in [1.807, 2.05) is 24.3 Å². The number of carbonyl (C=O) groups is 2. The number of hydrogen-bond acceptors (Lipinski definition) is 5. The van der Waals surface area contributed by atoms with Crippen LogP contribution in [0.4, 0.5) is 4.79 Å². The second-order valence-corrected chi connectivity index (χ2v) is 5.78. The fourth-order valence-corrected chi connectivity index (χ4v) is 2.85. The third kappa shape index (κ3) is 4.27. The fraction of sp³-hybridized carbons (Fsp3) is 0.154. The molecule has 0 aliphatic rings. The molecular weight excluding hydrogens is 358 g/mol. The van der Waals surface area contributed by atoms with Gasteiger partial charge >= 0.3 is 0 Å². The molecule has 0 radical (unpaired) electrons. The van der Waals surface area contributed by atoms with Crippen molar-refractivity contribution in [1.29, 1.82) is 0 Å². The molecule has 6 nitrogen and oxygen atoms in total. The zero-order chi connectivity index (χ0) is 15.2. The van der Waals surface area contributed by atoms with Crippen molar-refractivity contribution >= 4 is 39.3 Å². The molecule has 8 heteroatoms. The van der Waals surface area contributed by atoms with E-state index in [4.69, 9.17) is 0 Å². The molecular formula is C13H11BrN3O3S-. The van der Waals surface area contributed by atoms with Crippen LogP contribution in [0.5, 0.6) is 0 Å². The Morgan fingerprint density at radius 2 is 2.05 bits per heavy atom. The van der Waals surface area contributed by atoms with E-state index in [9.17, 15) is 14.7 Å². The molecule has 1 aromatic heterocycles. The molecule has 2 amide bonds. The van der Waals surface area contributed by atoms with E-state index in [2.05, 4.69) is 31.5 Å². The second kappa shape index (κ2) is 7.19. The minimum atomic E-state index is -1.37. The number of rotatable bonds is 5. The van der Waals surface area contributed by atoms with Crippen molar-refractivity contribution in [1.82, 2.24) is 15.6 Å². The Hall–Kier alpha value is -1.93. The van der Waals surface area contributed by atoms with E-state index < -0.39 is 6.09 Å². The quantitative estimate of drug-likeness (QED) is 0.776. The first-order chi connectivity index (χ1) is 10.1. The molecule has 0 spiro atoms. The Kier molecular flexibility index (Phi) is 5.29. The molecule has 0 fully saturated rings. The summed E-state index contributed by atoms with van der Waals surface area (Å²) in [5.74, 6) is -0.341.